The molecule has 0 radical (unpaired) electrons. The van der Waals surface area contributed by atoms with E-state index in [9.17, 15) is 0 Å². The smallest absolute Gasteiger partial charge is 0.160 e. The Morgan fingerprint density at radius 3 is 2.84 bits per heavy atom. The molecule has 1 fully saturated rings. The Morgan fingerprint density at radius 2 is 2.04 bits per heavy atom. The maximum atomic E-state index is 4.69. The summed E-state index contributed by atoms with van der Waals surface area (Å²) < 4.78 is 2.03. The van der Waals surface area contributed by atoms with Gasteiger partial charge in [0.05, 0.1) is 5.69 Å². The largest absolute Gasteiger partial charge is 0.298 e. The van der Waals surface area contributed by atoms with Gasteiger partial charge >= 0.3 is 0 Å². The highest BCUT2D eigenvalue weighted by molar-refractivity contribution is 5.33. The van der Waals surface area contributed by atoms with E-state index in [1.807, 2.05) is 42.3 Å². The first-order chi connectivity index (χ1) is 12.3. The third-order valence-electron chi connectivity index (χ3n) is 4.78. The molecule has 0 bridgehead atoms. The van der Waals surface area contributed by atoms with Gasteiger partial charge in [-0.3, -0.25) is 19.4 Å². The molecule has 128 valence electrons. The molecule has 4 rings (SSSR count). The quantitative estimate of drug-likeness (QED) is 0.734. The molecule has 6 nitrogen and oxygen atoms in total. The van der Waals surface area contributed by atoms with Crippen molar-refractivity contribution in [3.05, 3.63) is 66.4 Å². The highest BCUT2D eigenvalue weighted by Crippen LogP contribution is 2.29. The molecule has 0 spiro atoms. The van der Waals surface area contributed by atoms with E-state index in [1.165, 1.54) is 12.0 Å². The maximum Gasteiger partial charge on any atom is 0.160 e. The van der Waals surface area contributed by atoms with E-state index in [0.29, 0.717) is 5.92 Å². The number of imidazole rings is 1. The molecule has 3 aromatic heterocycles. The second-order valence-electron chi connectivity index (χ2n) is 6.55. The molecule has 3 aromatic rings. The maximum absolute atomic E-state index is 4.69. The first kappa shape index (κ1) is 15.9. The lowest BCUT2D eigenvalue weighted by molar-refractivity contribution is 0.198. The van der Waals surface area contributed by atoms with Crippen molar-refractivity contribution in [3.8, 4) is 5.82 Å². The zero-order valence-corrected chi connectivity index (χ0v) is 14.4. The normalized spacial score (nSPS) is 18.4. The van der Waals surface area contributed by atoms with Crippen molar-refractivity contribution in [2.24, 2.45) is 0 Å². The summed E-state index contributed by atoms with van der Waals surface area (Å²) in [5.74, 6) is 2.23. The van der Waals surface area contributed by atoms with Crippen molar-refractivity contribution in [1.82, 2.24) is 29.4 Å². The highest BCUT2D eigenvalue weighted by atomic mass is 15.2. The summed E-state index contributed by atoms with van der Waals surface area (Å²) in [5, 5.41) is 0. The summed E-state index contributed by atoms with van der Waals surface area (Å²) in [6.07, 6.45) is 13.4. The zero-order chi connectivity index (χ0) is 17.1. The molecule has 0 N–H and O–H groups in total. The minimum atomic E-state index is 0.385. The van der Waals surface area contributed by atoms with E-state index in [0.717, 1.165) is 43.4 Å². The summed E-state index contributed by atoms with van der Waals surface area (Å²) in [4.78, 5) is 20.3. The van der Waals surface area contributed by atoms with Gasteiger partial charge in [0.2, 0.25) is 0 Å². The molecule has 4 heterocycles. The lowest BCUT2D eigenvalue weighted by Crippen LogP contribution is -2.34. The van der Waals surface area contributed by atoms with Crippen molar-refractivity contribution in [3.63, 3.8) is 0 Å². The van der Waals surface area contributed by atoms with Crippen LogP contribution in [0.5, 0.6) is 0 Å². The second kappa shape index (κ2) is 7.11. The number of piperidine rings is 1. The van der Waals surface area contributed by atoms with Gasteiger partial charge in [-0.15, -0.1) is 0 Å². The van der Waals surface area contributed by atoms with E-state index in [4.69, 9.17) is 4.98 Å². The Balaban J connectivity index is 1.57. The van der Waals surface area contributed by atoms with Crippen LogP contribution in [0.2, 0.25) is 0 Å². The predicted octanol–water partition coefficient (Wildman–Crippen LogP) is 2.75. The average Bonchev–Trinajstić information content (AvgIpc) is 3.09. The van der Waals surface area contributed by atoms with Gasteiger partial charge in [-0.05, 0) is 37.9 Å². The Labute approximate surface area is 147 Å². The van der Waals surface area contributed by atoms with Crippen LogP contribution in [-0.2, 0) is 6.54 Å². The fourth-order valence-electron chi connectivity index (χ4n) is 3.59. The predicted molar refractivity (Wildman–Crippen MR) is 95.4 cm³/mol. The van der Waals surface area contributed by atoms with Gasteiger partial charge in [-0.2, -0.15) is 0 Å². The molecule has 0 saturated carbocycles. The number of hydrogen-bond donors (Lipinski definition) is 0. The number of likely N-dealkylation sites (tertiary alicyclic amines) is 1. The Hall–Kier alpha value is -2.60. The first-order valence-corrected chi connectivity index (χ1v) is 8.74. The van der Waals surface area contributed by atoms with E-state index in [2.05, 4.69) is 25.9 Å². The lowest BCUT2D eigenvalue weighted by Gasteiger charge is -2.33. The van der Waals surface area contributed by atoms with Crippen molar-refractivity contribution in [1.29, 1.82) is 0 Å². The number of rotatable bonds is 4. The topological polar surface area (TPSA) is 59.7 Å². The number of aryl methyl sites for hydroxylation is 1. The van der Waals surface area contributed by atoms with Crippen LogP contribution in [0.1, 0.15) is 35.8 Å². The lowest BCUT2D eigenvalue weighted by atomic mass is 9.94. The number of pyridine rings is 1. The summed E-state index contributed by atoms with van der Waals surface area (Å²) in [6, 6.07) is 4.14. The van der Waals surface area contributed by atoms with Crippen LogP contribution < -0.4 is 0 Å². The third kappa shape index (κ3) is 3.44. The number of hydrogen-bond acceptors (Lipinski definition) is 5. The number of nitrogens with zero attached hydrogens (tertiary/aromatic N) is 6. The fourth-order valence-corrected chi connectivity index (χ4v) is 3.59. The Morgan fingerprint density at radius 1 is 1.12 bits per heavy atom. The van der Waals surface area contributed by atoms with Crippen molar-refractivity contribution in [2.75, 3.05) is 13.1 Å². The molecular weight excluding hydrogens is 312 g/mol. The molecule has 0 amide bonds. The van der Waals surface area contributed by atoms with Crippen LogP contribution in [-0.4, -0.2) is 42.5 Å². The van der Waals surface area contributed by atoms with Gasteiger partial charge in [0.15, 0.2) is 5.82 Å². The van der Waals surface area contributed by atoms with Gasteiger partial charge in [0, 0.05) is 56.2 Å². The summed E-state index contributed by atoms with van der Waals surface area (Å²) >= 11 is 0. The van der Waals surface area contributed by atoms with Crippen LogP contribution in [0.4, 0.5) is 0 Å². The molecule has 6 heteroatoms. The van der Waals surface area contributed by atoms with E-state index < -0.39 is 0 Å². The van der Waals surface area contributed by atoms with Crippen LogP contribution in [0.25, 0.3) is 5.82 Å². The van der Waals surface area contributed by atoms with E-state index in [-0.39, 0.29) is 0 Å². The molecule has 1 unspecified atom stereocenters. The zero-order valence-electron chi connectivity index (χ0n) is 14.4. The minimum absolute atomic E-state index is 0.385. The molecule has 1 aliphatic heterocycles. The van der Waals surface area contributed by atoms with Gasteiger partial charge in [0.1, 0.15) is 5.82 Å². The standard InChI is InChI=1S/C19H22N6/c1-15-21-9-11-25(15)19-18(22-7-8-23-19)17-5-3-10-24(14-17)13-16-4-2-6-20-12-16/h2,4,6-9,11-12,17H,3,5,10,13-14H2,1H3. The minimum Gasteiger partial charge on any atom is -0.298 e. The van der Waals surface area contributed by atoms with Crippen LogP contribution in [0.15, 0.2) is 49.3 Å². The van der Waals surface area contributed by atoms with Gasteiger partial charge < -0.3 is 0 Å². The third-order valence-corrected chi connectivity index (χ3v) is 4.78. The monoisotopic (exact) mass is 334 g/mol. The molecular formula is C19H22N6. The Kier molecular flexibility index (Phi) is 4.52. The fraction of sp³-hybridized carbons (Fsp3) is 0.368. The first-order valence-electron chi connectivity index (χ1n) is 8.74. The van der Waals surface area contributed by atoms with Gasteiger partial charge in [-0.25, -0.2) is 9.97 Å². The van der Waals surface area contributed by atoms with Crippen molar-refractivity contribution in [2.45, 2.75) is 32.2 Å². The summed E-state index contributed by atoms with van der Waals surface area (Å²) in [7, 11) is 0. The van der Waals surface area contributed by atoms with Gasteiger partial charge in [0.25, 0.3) is 0 Å². The van der Waals surface area contributed by atoms with Crippen LogP contribution >= 0.6 is 0 Å². The van der Waals surface area contributed by atoms with E-state index >= 15 is 0 Å². The molecule has 0 aromatic carbocycles. The molecule has 1 saturated heterocycles. The molecule has 0 aliphatic carbocycles. The van der Waals surface area contributed by atoms with Crippen LogP contribution in [0, 0.1) is 6.92 Å². The summed E-state index contributed by atoms with van der Waals surface area (Å²) in [6.45, 7) is 5.04. The van der Waals surface area contributed by atoms with Crippen molar-refractivity contribution >= 4 is 0 Å². The molecule has 1 atom stereocenters. The molecule has 25 heavy (non-hydrogen) atoms. The van der Waals surface area contributed by atoms with Crippen molar-refractivity contribution < 1.29 is 0 Å². The average molecular weight is 334 g/mol. The van der Waals surface area contributed by atoms with E-state index in [1.54, 1.807) is 12.4 Å². The van der Waals surface area contributed by atoms with Crippen LogP contribution in [0.3, 0.4) is 0 Å². The number of aromatic nitrogens is 5. The van der Waals surface area contributed by atoms with Gasteiger partial charge in [-0.1, -0.05) is 6.07 Å². The highest BCUT2D eigenvalue weighted by Gasteiger charge is 2.26. The second-order valence-corrected chi connectivity index (χ2v) is 6.55. The SMILES string of the molecule is Cc1nccn1-c1nccnc1C1CCCN(Cc2cccnc2)C1. The summed E-state index contributed by atoms with van der Waals surface area (Å²) in [5.41, 5.74) is 2.33. The molecule has 1 aliphatic rings. The Bertz CT molecular complexity index is 829.